The van der Waals surface area contributed by atoms with Crippen molar-refractivity contribution in [2.75, 3.05) is 17.3 Å². The maximum absolute atomic E-state index is 11.0. The Morgan fingerprint density at radius 1 is 1.53 bits per heavy atom. The predicted molar refractivity (Wildman–Crippen MR) is 76.3 cm³/mol. The van der Waals surface area contributed by atoms with Crippen LogP contribution in [0.25, 0.3) is 0 Å². The minimum Gasteiger partial charge on any atom is -0.368 e. The molecule has 3 N–H and O–H groups in total. The van der Waals surface area contributed by atoms with E-state index in [-0.39, 0.29) is 23.5 Å². The van der Waals surface area contributed by atoms with Gasteiger partial charge in [-0.15, -0.1) is 0 Å². The molecule has 104 valence electrons. The number of nitrogens with one attached hydrogen (secondary N) is 1. The van der Waals surface area contributed by atoms with Gasteiger partial charge in [-0.05, 0) is 19.1 Å². The average molecular weight is 283 g/mol. The highest BCUT2D eigenvalue weighted by Crippen LogP contribution is 2.31. The number of nitro groups is 1. The third-order valence-corrected chi connectivity index (χ3v) is 4.48. The number of nitrogen functional groups attached to an aromatic ring is 1. The summed E-state index contributed by atoms with van der Waals surface area (Å²) in [7, 11) is 0. The number of hydrogen-bond acceptors (Lipinski definition) is 7. The molecule has 2 unspecified atom stereocenters. The van der Waals surface area contributed by atoms with E-state index >= 15 is 0 Å². The second kappa shape index (κ2) is 6.05. The second-order valence-corrected chi connectivity index (χ2v) is 5.61. The van der Waals surface area contributed by atoms with Gasteiger partial charge >= 0.3 is 5.69 Å². The third kappa shape index (κ3) is 3.25. The summed E-state index contributed by atoms with van der Waals surface area (Å²) in [5, 5.41) is 14.6. The van der Waals surface area contributed by atoms with Crippen molar-refractivity contribution in [3.8, 4) is 0 Å². The lowest BCUT2D eigenvalue weighted by molar-refractivity contribution is -0.384. The monoisotopic (exact) mass is 283 g/mol. The molecule has 1 aromatic rings. The van der Waals surface area contributed by atoms with E-state index in [9.17, 15) is 10.1 Å². The molecule has 0 aliphatic heterocycles. The van der Waals surface area contributed by atoms with Crippen molar-refractivity contribution in [3.05, 3.63) is 16.3 Å². The minimum absolute atomic E-state index is 0.0459. The molecule has 1 fully saturated rings. The number of hydrogen-bond donors (Lipinski definition) is 2. The van der Waals surface area contributed by atoms with Crippen LogP contribution in [0.2, 0.25) is 0 Å². The quantitative estimate of drug-likeness (QED) is 0.643. The van der Waals surface area contributed by atoms with Crippen LogP contribution < -0.4 is 11.1 Å². The molecule has 0 aromatic carbocycles. The van der Waals surface area contributed by atoms with E-state index in [4.69, 9.17) is 5.73 Å². The first-order chi connectivity index (χ1) is 9.11. The molecule has 0 radical (unpaired) electrons. The molecule has 1 aromatic heterocycles. The molecule has 1 aliphatic carbocycles. The summed E-state index contributed by atoms with van der Waals surface area (Å²) in [4.78, 5) is 18.1. The smallest absolute Gasteiger partial charge is 0.329 e. The van der Waals surface area contributed by atoms with Gasteiger partial charge in [-0.2, -0.15) is 16.7 Å². The predicted octanol–water partition coefficient (Wildman–Crippen LogP) is 2.05. The molecule has 2 rings (SSSR count). The van der Waals surface area contributed by atoms with Crippen LogP contribution in [-0.4, -0.2) is 32.4 Å². The second-order valence-electron chi connectivity index (χ2n) is 4.53. The van der Waals surface area contributed by atoms with Crippen molar-refractivity contribution >= 4 is 29.2 Å². The Morgan fingerprint density at radius 3 is 2.95 bits per heavy atom. The van der Waals surface area contributed by atoms with Gasteiger partial charge < -0.3 is 11.1 Å². The number of anilines is 2. The largest absolute Gasteiger partial charge is 0.368 e. The van der Waals surface area contributed by atoms with Crippen molar-refractivity contribution in [2.24, 2.45) is 0 Å². The average Bonchev–Trinajstić information content (AvgIpc) is 2.39. The van der Waals surface area contributed by atoms with E-state index in [0.717, 1.165) is 25.5 Å². The summed E-state index contributed by atoms with van der Waals surface area (Å²) in [5.41, 5.74) is 5.38. The van der Waals surface area contributed by atoms with Crippen LogP contribution in [0, 0.1) is 10.1 Å². The zero-order chi connectivity index (χ0) is 13.8. The van der Waals surface area contributed by atoms with Gasteiger partial charge in [-0.25, -0.2) is 4.98 Å². The van der Waals surface area contributed by atoms with Crippen LogP contribution in [0.5, 0.6) is 0 Å². The fraction of sp³-hybridized carbons (Fsp3) is 0.636. The van der Waals surface area contributed by atoms with Crippen LogP contribution in [0.1, 0.15) is 25.7 Å². The van der Waals surface area contributed by atoms with E-state index in [1.54, 1.807) is 11.8 Å². The van der Waals surface area contributed by atoms with Gasteiger partial charge in [0.2, 0.25) is 11.8 Å². The number of thioether (sulfide) groups is 1. The van der Waals surface area contributed by atoms with Gasteiger partial charge in [-0.1, -0.05) is 12.8 Å². The fourth-order valence-corrected chi connectivity index (χ4v) is 3.28. The van der Waals surface area contributed by atoms with Crippen molar-refractivity contribution < 1.29 is 4.92 Å². The molecule has 1 aliphatic rings. The van der Waals surface area contributed by atoms with Gasteiger partial charge in [0.05, 0.1) is 4.92 Å². The van der Waals surface area contributed by atoms with Gasteiger partial charge in [0, 0.05) is 11.3 Å². The zero-order valence-electron chi connectivity index (χ0n) is 10.7. The van der Waals surface area contributed by atoms with E-state index in [0.29, 0.717) is 5.25 Å². The highest BCUT2D eigenvalue weighted by molar-refractivity contribution is 7.99. The van der Waals surface area contributed by atoms with Crippen molar-refractivity contribution in [1.82, 2.24) is 9.97 Å². The van der Waals surface area contributed by atoms with Crippen LogP contribution in [0.3, 0.4) is 0 Å². The number of rotatable bonds is 4. The SMILES string of the molecule is CSC1CCCCC1Nc1nc(N)ncc1[N+](=O)[O-]. The molecule has 0 bridgehead atoms. The molecule has 2 atom stereocenters. The Morgan fingerprint density at radius 2 is 2.26 bits per heavy atom. The first-order valence-electron chi connectivity index (χ1n) is 6.18. The van der Waals surface area contributed by atoms with E-state index in [2.05, 4.69) is 21.5 Å². The molecule has 1 heterocycles. The number of nitrogens with two attached hydrogens (primary N) is 1. The normalized spacial score (nSPS) is 23.0. The summed E-state index contributed by atoms with van der Waals surface area (Å²) in [5.74, 6) is 0.271. The molecule has 0 amide bonds. The topological polar surface area (TPSA) is 107 Å². The Kier molecular flexibility index (Phi) is 4.41. The van der Waals surface area contributed by atoms with E-state index < -0.39 is 4.92 Å². The van der Waals surface area contributed by atoms with E-state index in [1.807, 2.05) is 0 Å². The Hall–Kier alpha value is -1.57. The highest BCUT2D eigenvalue weighted by atomic mass is 32.2. The molecule has 8 heteroatoms. The lowest BCUT2D eigenvalue weighted by Gasteiger charge is -2.31. The van der Waals surface area contributed by atoms with Crippen LogP contribution in [0.4, 0.5) is 17.5 Å². The molecule has 1 saturated carbocycles. The van der Waals surface area contributed by atoms with Crippen LogP contribution in [-0.2, 0) is 0 Å². The van der Waals surface area contributed by atoms with Crippen molar-refractivity contribution in [2.45, 2.75) is 37.0 Å². The third-order valence-electron chi connectivity index (χ3n) is 3.31. The van der Waals surface area contributed by atoms with Crippen LogP contribution >= 0.6 is 11.8 Å². The summed E-state index contributed by atoms with van der Waals surface area (Å²) < 4.78 is 0. The van der Waals surface area contributed by atoms with Gasteiger partial charge in [-0.3, -0.25) is 10.1 Å². The fourth-order valence-electron chi connectivity index (χ4n) is 2.35. The lowest BCUT2D eigenvalue weighted by atomic mass is 9.95. The van der Waals surface area contributed by atoms with Crippen molar-refractivity contribution in [3.63, 3.8) is 0 Å². The Bertz CT molecular complexity index is 470. The molecular formula is C11H17N5O2S. The first kappa shape index (κ1) is 13.9. The number of aromatic nitrogens is 2. The van der Waals surface area contributed by atoms with Gasteiger partial charge in [0.15, 0.2) is 0 Å². The highest BCUT2D eigenvalue weighted by Gasteiger charge is 2.27. The zero-order valence-corrected chi connectivity index (χ0v) is 11.5. The maximum atomic E-state index is 11.0. The van der Waals surface area contributed by atoms with Gasteiger partial charge in [0.1, 0.15) is 6.20 Å². The van der Waals surface area contributed by atoms with Crippen LogP contribution in [0.15, 0.2) is 6.20 Å². The number of nitrogens with zero attached hydrogens (tertiary/aromatic N) is 3. The summed E-state index contributed by atoms with van der Waals surface area (Å²) in [6.45, 7) is 0. The van der Waals surface area contributed by atoms with Crippen molar-refractivity contribution in [1.29, 1.82) is 0 Å². The molecule has 7 nitrogen and oxygen atoms in total. The molecule has 0 saturated heterocycles. The lowest BCUT2D eigenvalue weighted by Crippen LogP contribution is -2.34. The molecule has 19 heavy (non-hydrogen) atoms. The summed E-state index contributed by atoms with van der Waals surface area (Å²) >= 11 is 1.78. The Labute approximate surface area is 115 Å². The maximum Gasteiger partial charge on any atom is 0.329 e. The summed E-state index contributed by atoms with van der Waals surface area (Å²) in [6, 6.07) is 0.191. The van der Waals surface area contributed by atoms with Gasteiger partial charge in [0.25, 0.3) is 0 Å². The summed E-state index contributed by atoms with van der Waals surface area (Å²) in [6.07, 6.45) is 7.66. The molecule has 0 spiro atoms. The van der Waals surface area contributed by atoms with E-state index in [1.165, 1.54) is 6.42 Å². The standard InChI is InChI=1S/C11H17N5O2S/c1-19-9-5-3-2-4-7(9)14-10-8(16(17)18)6-13-11(12)15-10/h6-7,9H,2-5H2,1H3,(H3,12,13,14,15). The molecular weight excluding hydrogens is 266 g/mol. The first-order valence-corrected chi connectivity index (χ1v) is 7.47. The minimum atomic E-state index is -0.487. The Balaban J connectivity index is 2.21.